The maximum atomic E-state index is 12.2. The molecule has 1 N–H and O–H groups in total. The Balaban J connectivity index is 1.82. The third kappa shape index (κ3) is 3.42. The Hall–Kier alpha value is -0.610. The van der Waals surface area contributed by atoms with Gasteiger partial charge in [-0.05, 0) is 25.7 Å². The smallest absolute Gasteiger partial charge is 0.225 e. The number of ether oxygens (including phenoxy) is 1. The number of hydrogen-bond donors (Lipinski definition) is 1. The highest BCUT2D eigenvalue weighted by Gasteiger charge is 2.28. The molecule has 0 aromatic carbocycles. The zero-order valence-electron chi connectivity index (χ0n) is 10.9. The van der Waals surface area contributed by atoms with Crippen LogP contribution in [0.15, 0.2) is 0 Å². The molecule has 2 heterocycles. The molecule has 0 aromatic rings. The van der Waals surface area contributed by atoms with E-state index in [2.05, 4.69) is 19.2 Å². The van der Waals surface area contributed by atoms with Gasteiger partial charge in [-0.25, -0.2) is 0 Å². The van der Waals surface area contributed by atoms with Crippen LogP contribution in [-0.2, 0) is 9.53 Å². The fraction of sp³-hybridized carbons (Fsp3) is 0.923. The number of carbonyl (C=O) groups is 1. The second kappa shape index (κ2) is 5.83. The first-order valence-corrected chi connectivity index (χ1v) is 6.78. The number of amides is 1. The van der Waals surface area contributed by atoms with Crippen molar-refractivity contribution < 1.29 is 9.53 Å². The van der Waals surface area contributed by atoms with E-state index in [1.165, 1.54) is 0 Å². The van der Waals surface area contributed by atoms with Gasteiger partial charge in [0.05, 0.1) is 19.1 Å². The summed E-state index contributed by atoms with van der Waals surface area (Å²) in [5.41, 5.74) is 0. The SMILES string of the molecule is CC1CCN(C(=O)CC2CNCCO2)C(C)C1. The van der Waals surface area contributed by atoms with Gasteiger partial charge in [0.2, 0.25) is 5.91 Å². The monoisotopic (exact) mass is 240 g/mol. The Morgan fingerprint density at radius 2 is 2.29 bits per heavy atom. The Bertz CT molecular complexity index is 264. The van der Waals surface area contributed by atoms with Crippen molar-refractivity contribution >= 4 is 5.91 Å². The number of hydrogen-bond acceptors (Lipinski definition) is 3. The predicted octanol–water partition coefficient (Wildman–Crippen LogP) is 1.01. The lowest BCUT2D eigenvalue weighted by Gasteiger charge is -2.37. The molecule has 4 heteroatoms. The van der Waals surface area contributed by atoms with Gasteiger partial charge < -0.3 is 15.0 Å². The topological polar surface area (TPSA) is 41.6 Å². The van der Waals surface area contributed by atoms with Crippen LogP contribution in [0.2, 0.25) is 0 Å². The summed E-state index contributed by atoms with van der Waals surface area (Å²) in [6, 6.07) is 0.391. The van der Waals surface area contributed by atoms with E-state index >= 15 is 0 Å². The number of rotatable bonds is 2. The number of likely N-dealkylation sites (tertiary alicyclic amines) is 1. The molecule has 2 saturated heterocycles. The Labute approximate surface area is 104 Å². The van der Waals surface area contributed by atoms with Crippen molar-refractivity contribution in [2.75, 3.05) is 26.2 Å². The summed E-state index contributed by atoms with van der Waals surface area (Å²) in [6.07, 6.45) is 2.88. The summed E-state index contributed by atoms with van der Waals surface area (Å²) in [5.74, 6) is 1.01. The summed E-state index contributed by atoms with van der Waals surface area (Å²) in [4.78, 5) is 14.2. The number of morpholine rings is 1. The quantitative estimate of drug-likeness (QED) is 0.783. The molecule has 0 aliphatic carbocycles. The van der Waals surface area contributed by atoms with E-state index in [0.717, 1.165) is 45.0 Å². The van der Waals surface area contributed by atoms with Crippen molar-refractivity contribution in [3.8, 4) is 0 Å². The van der Waals surface area contributed by atoms with Crippen molar-refractivity contribution in [1.82, 2.24) is 10.2 Å². The number of nitrogens with one attached hydrogen (secondary N) is 1. The fourth-order valence-corrected chi connectivity index (χ4v) is 2.84. The Morgan fingerprint density at radius 1 is 1.47 bits per heavy atom. The first-order valence-electron chi connectivity index (χ1n) is 6.78. The Kier molecular flexibility index (Phi) is 4.40. The van der Waals surface area contributed by atoms with E-state index in [0.29, 0.717) is 12.5 Å². The van der Waals surface area contributed by atoms with Gasteiger partial charge in [-0.1, -0.05) is 6.92 Å². The molecule has 0 saturated carbocycles. The second-order valence-corrected chi connectivity index (χ2v) is 5.47. The van der Waals surface area contributed by atoms with Crippen LogP contribution in [0, 0.1) is 5.92 Å². The normalized spacial score (nSPS) is 34.7. The molecule has 0 bridgehead atoms. The lowest BCUT2D eigenvalue weighted by molar-refractivity contribution is -0.138. The van der Waals surface area contributed by atoms with E-state index in [9.17, 15) is 4.79 Å². The van der Waals surface area contributed by atoms with E-state index in [1.807, 2.05) is 4.90 Å². The second-order valence-electron chi connectivity index (χ2n) is 5.47. The summed E-state index contributed by atoms with van der Waals surface area (Å²) >= 11 is 0. The first kappa shape index (κ1) is 12.8. The minimum atomic E-state index is 0.0720. The number of carbonyl (C=O) groups excluding carboxylic acids is 1. The average molecular weight is 240 g/mol. The third-order valence-electron chi connectivity index (χ3n) is 3.87. The van der Waals surface area contributed by atoms with Crippen molar-refractivity contribution in [3.05, 3.63) is 0 Å². The van der Waals surface area contributed by atoms with Gasteiger partial charge in [0.15, 0.2) is 0 Å². The van der Waals surface area contributed by atoms with Crippen molar-refractivity contribution in [3.63, 3.8) is 0 Å². The lowest BCUT2D eigenvalue weighted by atomic mass is 9.93. The highest BCUT2D eigenvalue weighted by atomic mass is 16.5. The van der Waals surface area contributed by atoms with Gasteiger partial charge in [0, 0.05) is 25.7 Å². The van der Waals surface area contributed by atoms with Crippen LogP contribution in [-0.4, -0.2) is 49.2 Å². The number of nitrogens with zero attached hydrogens (tertiary/aromatic N) is 1. The number of piperidine rings is 1. The molecule has 1 amide bonds. The molecule has 0 spiro atoms. The molecular formula is C13H24N2O2. The van der Waals surface area contributed by atoms with Gasteiger partial charge in [-0.15, -0.1) is 0 Å². The first-order chi connectivity index (χ1) is 8.16. The minimum absolute atomic E-state index is 0.0720. The van der Waals surface area contributed by atoms with Crippen LogP contribution in [0.3, 0.4) is 0 Å². The van der Waals surface area contributed by atoms with Gasteiger partial charge >= 0.3 is 0 Å². The minimum Gasteiger partial charge on any atom is -0.375 e. The van der Waals surface area contributed by atoms with E-state index in [1.54, 1.807) is 0 Å². The van der Waals surface area contributed by atoms with Crippen LogP contribution in [0.5, 0.6) is 0 Å². The van der Waals surface area contributed by atoms with Gasteiger partial charge in [0.1, 0.15) is 0 Å². The predicted molar refractivity (Wildman–Crippen MR) is 66.8 cm³/mol. The molecule has 3 atom stereocenters. The van der Waals surface area contributed by atoms with Crippen molar-refractivity contribution in [2.45, 2.75) is 45.3 Å². The van der Waals surface area contributed by atoms with Gasteiger partial charge in [-0.3, -0.25) is 4.79 Å². The molecule has 2 rings (SSSR count). The van der Waals surface area contributed by atoms with Gasteiger partial charge in [-0.2, -0.15) is 0 Å². The zero-order chi connectivity index (χ0) is 12.3. The zero-order valence-corrected chi connectivity index (χ0v) is 10.9. The van der Waals surface area contributed by atoms with E-state index < -0.39 is 0 Å². The van der Waals surface area contributed by atoms with Crippen LogP contribution in [0.4, 0.5) is 0 Å². The standard InChI is InChI=1S/C13H24N2O2/c1-10-3-5-15(11(2)7-10)13(16)8-12-9-14-4-6-17-12/h10-12,14H,3-9H2,1-2H3. The largest absolute Gasteiger partial charge is 0.375 e. The molecule has 4 nitrogen and oxygen atoms in total. The molecule has 2 fully saturated rings. The Morgan fingerprint density at radius 3 is 2.94 bits per heavy atom. The molecule has 3 unspecified atom stereocenters. The van der Waals surface area contributed by atoms with Gasteiger partial charge in [0.25, 0.3) is 0 Å². The molecular weight excluding hydrogens is 216 g/mol. The lowest BCUT2D eigenvalue weighted by Crippen LogP contribution is -2.47. The molecule has 17 heavy (non-hydrogen) atoms. The maximum Gasteiger partial charge on any atom is 0.225 e. The molecule has 98 valence electrons. The van der Waals surface area contributed by atoms with Crippen LogP contribution < -0.4 is 5.32 Å². The van der Waals surface area contributed by atoms with Crippen LogP contribution in [0.25, 0.3) is 0 Å². The van der Waals surface area contributed by atoms with E-state index in [4.69, 9.17) is 4.74 Å². The summed E-state index contributed by atoms with van der Waals surface area (Å²) < 4.78 is 5.59. The van der Waals surface area contributed by atoms with Crippen LogP contribution >= 0.6 is 0 Å². The highest BCUT2D eigenvalue weighted by molar-refractivity contribution is 5.77. The summed E-state index contributed by atoms with van der Waals surface area (Å²) in [5, 5.41) is 3.27. The molecule has 2 aliphatic heterocycles. The van der Waals surface area contributed by atoms with Crippen molar-refractivity contribution in [2.24, 2.45) is 5.92 Å². The van der Waals surface area contributed by atoms with Crippen LogP contribution in [0.1, 0.15) is 33.1 Å². The summed E-state index contributed by atoms with van der Waals surface area (Å²) in [7, 11) is 0. The summed E-state index contributed by atoms with van der Waals surface area (Å²) in [6.45, 7) is 7.79. The third-order valence-corrected chi connectivity index (χ3v) is 3.87. The molecule has 0 aromatic heterocycles. The molecule has 2 aliphatic rings. The average Bonchev–Trinajstić information content (AvgIpc) is 2.30. The van der Waals surface area contributed by atoms with Crippen molar-refractivity contribution in [1.29, 1.82) is 0 Å². The molecule has 0 radical (unpaired) electrons. The maximum absolute atomic E-state index is 12.2. The highest BCUT2D eigenvalue weighted by Crippen LogP contribution is 2.23. The fourth-order valence-electron chi connectivity index (χ4n) is 2.84. The van der Waals surface area contributed by atoms with E-state index in [-0.39, 0.29) is 12.0 Å².